The standard InChI is InChI=1S/C21H20O12/c1-6-14(25)17(28)19(30)21(31-6)32-8-4-9(22)13-12(5-8)33-20(18(29)16(13)27)7-2-10(23)15(26)11(24)3-7/h2-6,14,17,19,21-26,28-30H,1H3. The second-order valence-corrected chi connectivity index (χ2v) is 7.59. The predicted octanol–water partition coefficient (Wildman–Crippen LogP) is 0.194. The maximum absolute atomic E-state index is 12.6. The van der Waals surface area contributed by atoms with Crippen LogP contribution in [0.5, 0.6) is 34.5 Å². The van der Waals surface area contributed by atoms with E-state index >= 15 is 0 Å². The molecule has 8 N–H and O–H groups in total. The summed E-state index contributed by atoms with van der Waals surface area (Å²) >= 11 is 0. The maximum Gasteiger partial charge on any atom is 0.238 e. The quantitative estimate of drug-likeness (QED) is 0.244. The number of phenols is 4. The number of aliphatic hydroxyl groups excluding tert-OH is 3. The van der Waals surface area contributed by atoms with Crippen molar-refractivity contribution in [3.63, 3.8) is 0 Å². The highest BCUT2D eigenvalue weighted by molar-refractivity contribution is 5.88. The van der Waals surface area contributed by atoms with Gasteiger partial charge in [0.25, 0.3) is 0 Å². The summed E-state index contributed by atoms with van der Waals surface area (Å²) in [5.74, 6) is -4.54. The van der Waals surface area contributed by atoms with Gasteiger partial charge in [0.15, 0.2) is 23.0 Å². The number of rotatable bonds is 3. The van der Waals surface area contributed by atoms with Gasteiger partial charge in [-0.2, -0.15) is 0 Å². The predicted molar refractivity (Wildman–Crippen MR) is 109 cm³/mol. The van der Waals surface area contributed by atoms with Crippen LogP contribution in [0.3, 0.4) is 0 Å². The van der Waals surface area contributed by atoms with Crippen LogP contribution in [0.4, 0.5) is 0 Å². The average molecular weight is 464 g/mol. The van der Waals surface area contributed by atoms with Crippen LogP contribution in [-0.2, 0) is 4.74 Å². The molecule has 1 aliphatic rings. The summed E-state index contributed by atoms with van der Waals surface area (Å²) in [6, 6.07) is 3.99. The molecule has 176 valence electrons. The largest absolute Gasteiger partial charge is 0.507 e. The van der Waals surface area contributed by atoms with Gasteiger partial charge >= 0.3 is 0 Å². The van der Waals surface area contributed by atoms with Gasteiger partial charge in [0, 0.05) is 17.7 Å². The molecule has 1 saturated heterocycles. The lowest BCUT2D eigenvalue weighted by Crippen LogP contribution is -2.58. The van der Waals surface area contributed by atoms with E-state index in [9.17, 15) is 45.6 Å². The lowest BCUT2D eigenvalue weighted by Gasteiger charge is -2.38. The molecule has 12 nitrogen and oxygen atoms in total. The summed E-state index contributed by atoms with van der Waals surface area (Å²) in [5, 5.41) is 79.0. The van der Waals surface area contributed by atoms with Gasteiger partial charge in [0.1, 0.15) is 40.8 Å². The van der Waals surface area contributed by atoms with E-state index < -0.39 is 76.0 Å². The number of phenolic OH excluding ortho intramolecular Hbond substituents is 4. The first kappa shape index (κ1) is 22.5. The normalized spacial score (nSPS) is 25.3. The Morgan fingerprint density at radius 3 is 2.09 bits per heavy atom. The molecule has 0 saturated carbocycles. The van der Waals surface area contributed by atoms with Crippen molar-refractivity contribution in [3.8, 4) is 45.8 Å². The van der Waals surface area contributed by atoms with Crippen molar-refractivity contribution in [1.29, 1.82) is 0 Å². The third-order valence-electron chi connectivity index (χ3n) is 5.32. The highest BCUT2D eigenvalue weighted by atomic mass is 16.7. The Morgan fingerprint density at radius 2 is 1.45 bits per heavy atom. The van der Waals surface area contributed by atoms with E-state index in [-0.39, 0.29) is 16.9 Å². The number of aliphatic hydroxyl groups is 3. The van der Waals surface area contributed by atoms with Gasteiger partial charge in [-0.3, -0.25) is 4.79 Å². The molecular formula is C21H20O12. The molecule has 0 bridgehead atoms. The van der Waals surface area contributed by atoms with Crippen molar-refractivity contribution in [1.82, 2.24) is 0 Å². The first-order valence-corrected chi connectivity index (χ1v) is 9.64. The van der Waals surface area contributed by atoms with Crippen molar-refractivity contribution >= 4 is 11.0 Å². The molecule has 1 aromatic heterocycles. The Bertz CT molecular complexity index is 1260. The molecule has 2 aromatic carbocycles. The van der Waals surface area contributed by atoms with E-state index in [1.165, 1.54) is 6.92 Å². The Kier molecular flexibility index (Phi) is 5.46. The van der Waals surface area contributed by atoms with Gasteiger partial charge in [-0.15, -0.1) is 0 Å². The fourth-order valence-electron chi connectivity index (χ4n) is 3.51. The van der Waals surface area contributed by atoms with Crippen LogP contribution < -0.4 is 10.2 Å². The highest BCUT2D eigenvalue weighted by Gasteiger charge is 2.43. The van der Waals surface area contributed by atoms with Gasteiger partial charge in [0.05, 0.1) is 6.10 Å². The van der Waals surface area contributed by atoms with Gasteiger partial charge < -0.3 is 54.7 Å². The van der Waals surface area contributed by atoms with E-state index in [0.717, 1.165) is 24.3 Å². The van der Waals surface area contributed by atoms with Crippen LogP contribution in [-0.4, -0.2) is 71.6 Å². The molecule has 0 aliphatic carbocycles. The second kappa shape index (κ2) is 8.01. The highest BCUT2D eigenvalue weighted by Crippen LogP contribution is 2.42. The molecule has 1 fully saturated rings. The molecule has 0 spiro atoms. The molecule has 5 atom stereocenters. The summed E-state index contributed by atoms with van der Waals surface area (Å²) < 4.78 is 16.3. The Morgan fingerprint density at radius 1 is 0.818 bits per heavy atom. The zero-order chi connectivity index (χ0) is 24.2. The molecule has 5 unspecified atom stereocenters. The topological polar surface area (TPSA) is 211 Å². The lowest BCUT2D eigenvalue weighted by atomic mass is 10.00. The fraction of sp³-hybridized carbons (Fsp3) is 0.286. The van der Waals surface area contributed by atoms with Crippen molar-refractivity contribution < 1.29 is 54.7 Å². The minimum Gasteiger partial charge on any atom is -0.507 e. The Labute approximate surface area is 184 Å². The molecule has 0 radical (unpaired) electrons. The van der Waals surface area contributed by atoms with Crippen molar-refractivity contribution in [2.24, 2.45) is 0 Å². The number of hydrogen-bond acceptors (Lipinski definition) is 12. The summed E-state index contributed by atoms with van der Waals surface area (Å²) in [6.07, 6.45) is -6.89. The first-order valence-electron chi connectivity index (χ1n) is 9.64. The minimum absolute atomic E-state index is 0.156. The molecular weight excluding hydrogens is 444 g/mol. The van der Waals surface area contributed by atoms with E-state index in [2.05, 4.69) is 0 Å². The zero-order valence-electron chi connectivity index (χ0n) is 16.9. The number of benzene rings is 2. The number of fused-ring (bicyclic) bond motifs is 1. The van der Waals surface area contributed by atoms with Gasteiger partial charge in [0.2, 0.25) is 17.5 Å². The van der Waals surface area contributed by atoms with Crippen LogP contribution in [0.25, 0.3) is 22.3 Å². The summed E-state index contributed by atoms with van der Waals surface area (Å²) in [5.41, 5.74) is -1.49. The lowest BCUT2D eigenvalue weighted by molar-refractivity contribution is -0.268. The smallest absolute Gasteiger partial charge is 0.238 e. The maximum atomic E-state index is 12.6. The van der Waals surface area contributed by atoms with Gasteiger partial charge in [-0.25, -0.2) is 0 Å². The molecule has 3 aromatic rings. The minimum atomic E-state index is -1.64. The molecule has 12 heteroatoms. The molecule has 1 aliphatic heterocycles. The van der Waals surface area contributed by atoms with E-state index in [1.54, 1.807) is 0 Å². The number of aromatic hydroxyl groups is 5. The molecule has 33 heavy (non-hydrogen) atoms. The number of ether oxygens (including phenoxy) is 2. The van der Waals surface area contributed by atoms with Crippen LogP contribution in [0.1, 0.15) is 6.92 Å². The number of hydrogen-bond donors (Lipinski definition) is 8. The second-order valence-electron chi connectivity index (χ2n) is 7.59. The zero-order valence-corrected chi connectivity index (χ0v) is 16.9. The summed E-state index contributed by atoms with van der Waals surface area (Å²) in [6.45, 7) is 1.45. The monoisotopic (exact) mass is 464 g/mol. The molecule has 0 amide bonds. The first-order chi connectivity index (χ1) is 15.5. The van der Waals surface area contributed by atoms with Gasteiger partial charge in [-0.1, -0.05) is 0 Å². The van der Waals surface area contributed by atoms with Crippen molar-refractivity contribution in [2.45, 2.75) is 37.6 Å². The Balaban J connectivity index is 1.80. The molecule has 4 rings (SSSR count). The van der Waals surface area contributed by atoms with Crippen LogP contribution in [0.2, 0.25) is 0 Å². The van der Waals surface area contributed by atoms with Crippen LogP contribution >= 0.6 is 0 Å². The fourth-order valence-corrected chi connectivity index (χ4v) is 3.51. The van der Waals surface area contributed by atoms with Gasteiger partial charge in [-0.05, 0) is 19.1 Å². The van der Waals surface area contributed by atoms with Crippen molar-refractivity contribution in [3.05, 3.63) is 34.5 Å². The van der Waals surface area contributed by atoms with E-state index in [1.807, 2.05) is 0 Å². The Hall–Kier alpha value is -3.71. The third-order valence-corrected chi connectivity index (χ3v) is 5.32. The summed E-state index contributed by atoms with van der Waals surface area (Å²) in [7, 11) is 0. The van der Waals surface area contributed by atoms with E-state index in [4.69, 9.17) is 13.9 Å². The molecule has 2 heterocycles. The van der Waals surface area contributed by atoms with Crippen molar-refractivity contribution in [2.75, 3.05) is 0 Å². The SMILES string of the molecule is CC1OC(Oc2cc(O)c3c(=O)c(O)c(-c4cc(O)c(O)c(O)c4)oc3c2)C(O)C(O)C1O. The van der Waals surface area contributed by atoms with E-state index in [0.29, 0.717) is 0 Å². The van der Waals surface area contributed by atoms with Crippen LogP contribution in [0, 0.1) is 0 Å². The summed E-state index contributed by atoms with van der Waals surface area (Å²) in [4.78, 5) is 12.6. The third kappa shape index (κ3) is 3.74. The average Bonchev–Trinajstić information content (AvgIpc) is 2.76. The van der Waals surface area contributed by atoms with Crippen LogP contribution in [0.15, 0.2) is 33.5 Å².